The Balaban J connectivity index is 1.35. The number of aromatic amines is 2. The third-order valence-corrected chi connectivity index (χ3v) is 5.34. The molecule has 0 unspecified atom stereocenters. The van der Waals surface area contributed by atoms with Crippen molar-refractivity contribution in [2.45, 2.75) is 31.7 Å². The molecular formula is C20H22N8. The van der Waals surface area contributed by atoms with E-state index in [0.717, 1.165) is 28.2 Å². The SMILES string of the molecule is C[C@@H](c1ccc2[nH]cnc2c1)N(C)c1nccc(Nc2cc(C3CC3)[nH]n2)n1. The highest BCUT2D eigenvalue weighted by Crippen LogP contribution is 2.39. The zero-order valence-electron chi connectivity index (χ0n) is 15.8. The van der Waals surface area contributed by atoms with E-state index in [4.69, 9.17) is 0 Å². The molecule has 1 aliphatic rings. The summed E-state index contributed by atoms with van der Waals surface area (Å²) >= 11 is 0. The minimum Gasteiger partial charge on any atom is -0.345 e. The molecule has 1 aromatic carbocycles. The van der Waals surface area contributed by atoms with Crippen molar-refractivity contribution in [3.05, 3.63) is 54.1 Å². The summed E-state index contributed by atoms with van der Waals surface area (Å²) < 4.78 is 0. The Bertz CT molecular complexity index is 1110. The first-order valence-corrected chi connectivity index (χ1v) is 9.48. The Morgan fingerprint density at radius 2 is 2.04 bits per heavy atom. The van der Waals surface area contributed by atoms with Crippen molar-refractivity contribution in [2.24, 2.45) is 0 Å². The van der Waals surface area contributed by atoms with Crippen molar-refractivity contribution >= 4 is 28.6 Å². The van der Waals surface area contributed by atoms with Gasteiger partial charge in [0, 0.05) is 30.9 Å². The van der Waals surface area contributed by atoms with Crippen LogP contribution in [0.25, 0.3) is 11.0 Å². The van der Waals surface area contributed by atoms with Crippen LogP contribution in [0.2, 0.25) is 0 Å². The summed E-state index contributed by atoms with van der Waals surface area (Å²) in [5.74, 6) is 2.80. The molecule has 0 saturated heterocycles. The molecule has 5 rings (SSSR count). The van der Waals surface area contributed by atoms with Gasteiger partial charge in [-0.15, -0.1) is 0 Å². The number of hydrogen-bond donors (Lipinski definition) is 3. The molecule has 0 amide bonds. The number of nitrogens with zero attached hydrogens (tertiary/aromatic N) is 5. The van der Waals surface area contributed by atoms with E-state index >= 15 is 0 Å². The van der Waals surface area contributed by atoms with E-state index < -0.39 is 0 Å². The Kier molecular flexibility index (Phi) is 3.96. The van der Waals surface area contributed by atoms with Gasteiger partial charge in [-0.05, 0) is 43.5 Å². The average molecular weight is 374 g/mol. The van der Waals surface area contributed by atoms with Crippen molar-refractivity contribution in [2.75, 3.05) is 17.3 Å². The molecule has 0 radical (unpaired) electrons. The van der Waals surface area contributed by atoms with Crippen LogP contribution in [0, 0.1) is 0 Å². The van der Waals surface area contributed by atoms with E-state index in [0.29, 0.717) is 11.9 Å². The van der Waals surface area contributed by atoms with E-state index in [1.54, 1.807) is 12.5 Å². The summed E-state index contributed by atoms with van der Waals surface area (Å²) in [6.45, 7) is 2.13. The molecule has 3 heterocycles. The smallest absolute Gasteiger partial charge is 0.227 e. The predicted molar refractivity (Wildman–Crippen MR) is 109 cm³/mol. The van der Waals surface area contributed by atoms with E-state index in [-0.39, 0.29) is 6.04 Å². The molecule has 4 aromatic rings. The molecule has 1 atom stereocenters. The summed E-state index contributed by atoms with van der Waals surface area (Å²) in [6, 6.07) is 10.3. The molecule has 0 aliphatic heterocycles. The predicted octanol–water partition coefficient (Wildman–Crippen LogP) is 3.89. The van der Waals surface area contributed by atoms with Gasteiger partial charge in [0.2, 0.25) is 5.95 Å². The molecule has 3 N–H and O–H groups in total. The lowest BCUT2D eigenvalue weighted by Crippen LogP contribution is -2.23. The molecule has 8 heteroatoms. The summed E-state index contributed by atoms with van der Waals surface area (Å²) in [6.07, 6.45) is 5.96. The number of aromatic nitrogens is 6. The van der Waals surface area contributed by atoms with Crippen LogP contribution in [0.3, 0.4) is 0 Å². The van der Waals surface area contributed by atoms with Crippen molar-refractivity contribution < 1.29 is 0 Å². The largest absolute Gasteiger partial charge is 0.345 e. The monoisotopic (exact) mass is 374 g/mol. The quantitative estimate of drug-likeness (QED) is 0.473. The summed E-state index contributed by atoms with van der Waals surface area (Å²) in [7, 11) is 2.00. The third kappa shape index (κ3) is 3.17. The average Bonchev–Trinajstić information content (AvgIpc) is 3.28. The summed E-state index contributed by atoms with van der Waals surface area (Å²) in [5, 5.41) is 10.7. The highest BCUT2D eigenvalue weighted by molar-refractivity contribution is 5.75. The third-order valence-electron chi connectivity index (χ3n) is 5.34. The minimum atomic E-state index is 0.100. The Morgan fingerprint density at radius 1 is 1.14 bits per heavy atom. The first-order valence-electron chi connectivity index (χ1n) is 9.48. The molecular weight excluding hydrogens is 352 g/mol. The van der Waals surface area contributed by atoms with Gasteiger partial charge in [-0.3, -0.25) is 5.10 Å². The van der Waals surface area contributed by atoms with Crippen LogP contribution in [0.5, 0.6) is 0 Å². The second-order valence-electron chi connectivity index (χ2n) is 7.32. The lowest BCUT2D eigenvalue weighted by atomic mass is 10.1. The molecule has 142 valence electrons. The zero-order chi connectivity index (χ0) is 19.1. The summed E-state index contributed by atoms with van der Waals surface area (Å²) in [4.78, 5) is 18.6. The Hall–Kier alpha value is -3.42. The van der Waals surface area contributed by atoms with Gasteiger partial charge < -0.3 is 15.2 Å². The van der Waals surface area contributed by atoms with Crippen LogP contribution >= 0.6 is 0 Å². The topological polar surface area (TPSA) is 98.4 Å². The molecule has 0 spiro atoms. The number of imidazole rings is 1. The van der Waals surface area contributed by atoms with E-state index in [1.165, 1.54) is 18.5 Å². The highest BCUT2D eigenvalue weighted by atomic mass is 15.3. The van der Waals surface area contributed by atoms with Crippen molar-refractivity contribution in [3.8, 4) is 0 Å². The van der Waals surface area contributed by atoms with Crippen molar-refractivity contribution in [1.82, 2.24) is 30.1 Å². The molecule has 0 bridgehead atoms. The van der Waals surface area contributed by atoms with Crippen LogP contribution in [-0.4, -0.2) is 37.2 Å². The first-order chi connectivity index (χ1) is 13.7. The van der Waals surface area contributed by atoms with Crippen LogP contribution in [0.15, 0.2) is 42.9 Å². The summed E-state index contributed by atoms with van der Waals surface area (Å²) in [5.41, 5.74) is 4.34. The van der Waals surface area contributed by atoms with E-state index in [2.05, 4.69) is 71.5 Å². The maximum absolute atomic E-state index is 4.66. The number of benzene rings is 1. The first kappa shape index (κ1) is 16.7. The van der Waals surface area contributed by atoms with E-state index in [9.17, 15) is 0 Å². The van der Waals surface area contributed by atoms with Crippen LogP contribution in [0.4, 0.5) is 17.6 Å². The van der Waals surface area contributed by atoms with Crippen molar-refractivity contribution in [1.29, 1.82) is 0 Å². The maximum Gasteiger partial charge on any atom is 0.227 e. The fourth-order valence-corrected chi connectivity index (χ4v) is 3.33. The normalized spacial score (nSPS) is 14.9. The second kappa shape index (κ2) is 6.63. The van der Waals surface area contributed by atoms with Gasteiger partial charge in [0.15, 0.2) is 5.82 Å². The number of hydrogen-bond acceptors (Lipinski definition) is 6. The number of anilines is 3. The molecule has 1 aliphatic carbocycles. The van der Waals surface area contributed by atoms with E-state index in [1.807, 2.05) is 13.1 Å². The van der Waals surface area contributed by atoms with Crippen molar-refractivity contribution in [3.63, 3.8) is 0 Å². The molecule has 1 fully saturated rings. The van der Waals surface area contributed by atoms with Gasteiger partial charge in [0.1, 0.15) is 5.82 Å². The zero-order valence-corrected chi connectivity index (χ0v) is 15.8. The standard InChI is InChI=1S/C20H22N8/c1-12(14-5-6-15-17(9-14)23-11-22-15)28(2)20-21-8-7-18(25-20)24-19-10-16(26-27-19)13-3-4-13/h5-13H,3-4H2,1-2H3,(H,22,23)(H2,21,24,25,26,27)/t12-/m0/s1. The van der Waals surface area contributed by atoms with Crippen LogP contribution in [-0.2, 0) is 0 Å². The fraction of sp³-hybridized carbons (Fsp3) is 0.300. The molecule has 1 saturated carbocycles. The Morgan fingerprint density at radius 3 is 2.89 bits per heavy atom. The lowest BCUT2D eigenvalue weighted by Gasteiger charge is -2.25. The van der Waals surface area contributed by atoms with Gasteiger partial charge in [-0.1, -0.05) is 6.07 Å². The van der Waals surface area contributed by atoms with Gasteiger partial charge in [0.25, 0.3) is 0 Å². The number of rotatable bonds is 6. The molecule has 8 nitrogen and oxygen atoms in total. The molecule has 3 aromatic heterocycles. The van der Waals surface area contributed by atoms with Gasteiger partial charge in [0.05, 0.1) is 23.4 Å². The second-order valence-corrected chi connectivity index (χ2v) is 7.32. The number of fused-ring (bicyclic) bond motifs is 1. The minimum absolute atomic E-state index is 0.100. The van der Waals surface area contributed by atoms with Crippen LogP contribution in [0.1, 0.15) is 43.0 Å². The highest BCUT2D eigenvalue weighted by Gasteiger charge is 2.25. The number of H-pyrrole nitrogens is 2. The molecule has 28 heavy (non-hydrogen) atoms. The van der Waals surface area contributed by atoms with Crippen LogP contribution < -0.4 is 10.2 Å². The van der Waals surface area contributed by atoms with Gasteiger partial charge in [-0.2, -0.15) is 10.1 Å². The number of nitrogens with one attached hydrogen (secondary N) is 3. The maximum atomic E-state index is 4.66. The lowest BCUT2D eigenvalue weighted by molar-refractivity contribution is 0.716. The van der Waals surface area contributed by atoms with Gasteiger partial charge in [-0.25, -0.2) is 9.97 Å². The Labute approximate surface area is 162 Å². The van der Waals surface area contributed by atoms with Gasteiger partial charge >= 0.3 is 0 Å². The fourth-order valence-electron chi connectivity index (χ4n) is 3.33.